The Morgan fingerprint density at radius 3 is 2.14 bits per heavy atom. The summed E-state index contributed by atoms with van der Waals surface area (Å²) in [6.07, 6.45) is 11.6. The molecule has 5 rings (SSSR count). The predicted molar refractivity (Wildman–Crippen MR) is 168 cm³/mol. The molecule has 3 aliphatic rings. The van der Waals surface area contributed by atoms with Crippen molar-refractivity contribution in [3.8, 4) is 0 Å². The Morgan fingerprint density at radius 1 is 0.838 bits per heavy atom. The third-order valence-corrected chi connectivity index (χ3v) is 8.90. The zero-order valence-electron chi connectivity index (χ0n) is 23.2. The molecule has 2 nitrogen and oxygen atoms in total. The van der Waals surface area contributed by atoms with Crippen LogP contribution in [-0.4, -0.2) is 11.4 Å². The number of nitrogens with one attached hydrogen (secondary N) is 1. The van der Waals surface area contributed by atoms with Crippen molar-refractivity contribution in [3.63, 3.8) is 0 Å². The van der Waals surface area contributed by atoms with Gasteiger partial charge >= 0.3 is 0 Å². The van der Waals surface area contributed by atoms with Crippen molar-refractivity contribution in [3.05, 3.63) is 92.2 Å². The van der Waals surface area contributed by atoms with Gasteiger partial charge < -0.3 is 5.41 Å². The number of hydrogen-bond acceptors (Lipinski definition) is 2. The monoisotopic (exact) mass is 606 g/mol. The van der Waals surface area contributed by atoms with E-state index in [0.717, 1.165) is 43.4 Å². The van der Waals surface area contributed by atoms with E-state index in [1.165, 1.54) is 49.1 Å². The van der Waals surface area contributed by atoms with Crippen LogP contribution in [0, 0.1) is 16.2 Å². The number of aliphatic imine (C=N–C) groups is 1. The SMILES string of the molecule is CC1(C)CC(I)=C(CCCC(=N)c2ccccc2)C1.CC1(C)CC2=C(C1)N=C(c1ccccc1)CCC2. The Kier molecular flexibility index (Phi) is 9.26. The lowest BCUT2D eigenvalue weighted by molar-refractivity contribution is 0.385. The first-order chi connectivity index (χ1) is 17.6. The Balaban J connectivity index is 0.000000173. The van der Waals surface area contributed by atoms with E-state index >= 15 is 0 Å². The highest BCUT2D eigenvalue weighted by molar-refractivity contribution is 14.1. The fourth-order valence-corrected chi connectivity index (χ4v) is 7.46. The molecule has 0 amide bonds. The van der Waals surface area contributed by atoms with Crippen LogP contribution >= 0.6 is 22.6 Å². The maximum absolute atomic E-state index is 8.11. The third-order valence-electron chi connectivity index (χ3n) is 7.75. The number of allylic oxidation sites excluding steroid dienone is 4. The van der Waals surface area contributed by atoms with Gasteiger partial charge in [-0.3, -0.25) is 4.99 Å². The van der Waals surface area contributed by atoms with Crippen LogP contribution in [0.25, 0.3) is 0 Å². The summed E-state index contributed by atoms with van der Waals surface area (Å²) in [5, 5.41) is 8.11. The van der Waals surface area contributed by atoms with Crippen LogP contribution in [0.3, 0.4) is 0 Å². The number of hydrogen-bond donors (Lipinski definition) is 1. The molecule has 2 aromatic rings. The summed E-state index contributed by atoms with van der Waals surface area (Å²) in [7, 11) is 0. The molecule has 1 N–H and O–H groups in total. The second-order valence-corrected chi connectivity index (χ2v) is 13.9. The van der Waals surface area contributed by atoms with Crippen molar-refractivity contribution in [1.82, 2.24) is 0 Å². The van der Waals surface area contributed by atoms with Crippen molar-refractivity contribution in [1.29, 1.82) is 5.41 Å². The molecule has 0 radical (unpaired) electrons. The summed E-state index contributed by atoms with van der Waals surface area (Å²) in [5.74, 6) is 0. The predicted octanol–water partition coefficient (Wildman–Crippen LogP) is 10.5. The summed E-state index contributed by atoms with van der Waals surface area (Å²) >= 11 is 2.51. The molecule has 2 aliphatic carbocycles. The smallest absolute Gasteiger partial charge is 0.0479 e. The Morgan fingerprint density at radius 2 is 1.49 bits per heavy atom. The van der Waals surface area contributed by atoms with Crippen LogP contribution in [-0.2, 0) is 0 Å². The summed E-state index contributed by atoms with van der Waals surface area (Å²) in [4.78, 5) is 5.00. The molecule has 2 aromatic carbocycles. The van der Waals surface area contributed by atoms with E-state index in [1.807, 2.05) is 30.3 Å². The standard InChI is InChI=1S/C17H22IN.C17H21N/c1-17(2)11-14(15(18)12-17)9-6-10-16(19)13-7-4-3-5-8-13;1-17(2)11-14-9-6-10-15(18-16(14)12-17)13-7-4-3-5-8-13/h3-5,7-8,19H,6,9-12H2,1-2H3;3-5,7-8H,6,9-12H2,1-2H3. The van der Waals surface area contributed by atoms with Gasteiger partial charge in [0, 0.05) is 17.1 Å². The number of nitrogens with zero attached hydrogens (tertiary/aromatic N) is 1. The molecule has 0 bridgehead atoms. The van der Waals surface area contributed by atoms with Crippen LogP contribution in [0.4, 0.5) is 0 Å². The molecule has 0 spiro atoms. The van der Waals surface area contributed by atoms with Gasteiger partial charge in [-0.15, -0.1) is 0 Å². The van der Waals surface area contributed by atoms with Crippen LogP contribution in [0.1, 0.15) is 103 Å². The van der Waals surface area contributed by atoms with Gasteiger partial charge in [0.15, 0.2) is 0 Å². The van der Waals surface area contributed by atoms with Crippen LogP contribution in [0.5, 0.6) is 0 Å². The van der Waals surface area contributed by atoms with E-state index in [4.69, 9.17) is 10.4 Å². The Bertz CT molecular complexity index is 1180. The van der Waals surface area contributed by atoms with Gasteiger partial charge in [-0.2, -0.15) is 0 Å². The summed E-state index contributed by atoms with van der Waals surface area (Å²) in [6, 6.07) is 20.7. The minimum absolute atomic E-state index is 0.424. The summed E-state index contributed by atoms with van der Waals surface area (Å²) in [6.45, 7) is 9.42. The van der Waals surface area contributed by atoms with E-state index in [2.05, 4.69) is 80.6 Å². The van der Waals surface area contributed by atoms with Crippen LogP contribution in [0.2, 0.25) is 0 Å². The molecule has 0 saturated carbocycles. The van der Waals surface area contributed by atoms with Gasteiger partial charge in [0.1, 0.15) is 0 Å². The van der Waals surface area contributed by atoms with E-state index in [1.54, 1.807) is 14.7 Å². The van der Waals surface area contributed by atoms with Gasteiger partial charge in [0.05, 0.1) is 0 Å². The van der Waals surface area contributed by atoms with Gasteiger partial charge in [0.2, 0.25) is 0 Å². The molecule has 0 aromatic heterocycles. The lowest BCUT2D eigenvalue weighted by Crippen LogP contribution is -2.07. The molecule has 37 heavy (non-hydrogen) atoms. The highest BCUT2D eigenvalue weighted by Gasteiger charge is 2.31. The normalized spacial score (nSPS) is 20.1. The third kappa shape index (κ3) is 7.99. The van der Waals surface area contributed by atoms with E-state index in [9.17, 15) is 0 Å². The molecule has 0 saturated heterocycles. The highest BCUT2D eigenvalue weighted by Crippen LogP contribution is 2.46. The maximum Gasteiger partial charge on any atom is 0.0479 e. The van der Waals surface area contributed by atoms with Crippen molar-refractivity contribution >= 4 is 34.0 Å². The van der Waals surface area contributed by atoms with Crippen molar-refractivity contribution in [2.45, 2.75) is 91.9 Å². The molecule has 1 aliphatic heterocycles. The molecular weight excluding hydrogens is 563 g/mol. The summed E-state index contributed by atoms with van der Waals surface area (Å²) in [5.41, 5.74) is 9.95. The minimum atomic E-state index is 0.424. The molecule has 1 heterocycles. The van der Waals surface area contributed by atoms with Crippen molar-refractivity contribution < 1.29 is 0 Å². The second-order valence-electron chi connectivity index (χ2n) is 12.6. The Labute approximate surface area is 238 Å². The van der Waals surface area contributed by atoms with E-state index in [-0.39, 0.29) is 0 Å². The zero-order valence-corrected chi connectivity index (χ0v) is 25.3. The van der Waals surface area contributed by atoms with E-state index in [0.29, 0.717) is 10.8 Å². The number of halogens is 1. The summed E-state index contributed by atoms with van der Waals surface area (Å²) < 4.78 is 1.56. The first-order valence-corrected chi connectivity index (χ1v) is 15.0. The average Bonchev–Trinajstić information content (AvgIpc) is 3.22. The van der Waals surface area contributed by atoms with Gasteiger partial charge in [-0.25, -0.2) is 0 Å². The van der Waals surface area contributed by atoms with Crippen molar-refractivity contribution in [2.75, 3.05) is 0 Å². The van der Waals surface area contributed by atoms with E-state index < -0.39 is 0 Å². The average molecular weight is 607 g/mol. The fraction of sp³-hybridized carbons (Fsp3) is 0.471. The molecule has 0 fully saturated rings. The molecule has 0 unspecified atom stereocenters. The number of benzene rings is 2. The topological polar surface area (TPSA) is 36.2 Å². The Hall–Kier alpha value is -2.01. The quantitative estimate of drug-likeness (QED) is 0.251. The van der Waals surface area contributed by atoms with Gasteiger partial charge in [-0.05, 0) is 118 Å². The lowest BCUT2D eigenvalue weighted by atomic mass is 9.88. The van der Waals surface area contributed by atoms with Gasteiger partial charge in [0.25, 0.3) is 0 Å². The molecule has 196 valence electrons. The van der Waals surface area contributed by atoms with Crippen molar-refractivity contribution in [2.24, 2.45) is 15.8 Å². The second kappa shape index (κ2) is 12.2. The van der Waals surface area contributed by atoms with Crippen LogP contribution in [0.15, 0.2) is 86.1 Å². The molecule has 3 heteroatoms. The lowest BCUT2D eigenvalue weighted by Gasteiger charge is -2.17. The van der Waals surface area contributed by atoms with Crippen LogP contribution < -0.4 is 0 Å². The van der Waals surface area contributed by atoms with Gasteiger partial charge in [-0.1, -0.05) is 93.9 Å². The number of rotatable bonds is 6. The maximum atomic E-state index is 8.11. The highest BCUT2D eigenvalue weighted by atomic mass is 127. The fourth-order valence-electron chi connectivity index (χ4n) is 5.97. The first kappa shape index (κ1) is 28.0. The molecule has 0 atom stereocenters. The minimum Gasteiger partial charge on any atom is -0.305 e. The first-order valence-electron chi connectivity index (χ1n) is 14.0. The molecular formula is C34H43IN2. The largest absolute Gasteiger partial charge is 0.305 e. The zero-order chi connectivity index (χ0) is 26.5.